The number of benzene rings is 1. The van der Waals surface area contributed by atoms with Crippen molar-refractivity contribution in [2.45, 2.75) is 45.2 Å². The van der Waals surface area contributed by atoms with Crippen molar-refractivity contribution in [1.29, 1.82) is 0 Å². The monoisotopic (exact) mass is 324 g/mol. The Morgan fingerprint density at radius 1 is 1.21 bits per heavy atom. The van der Waals surface area contributed by atoms with Gasteiger partial charge in [0.15, 0.2) is 0 Å². The van der Waals surface area contributed by atoms with Crippen molar-refractivity contribution in [2.75, 3.05) is 18.5 Å². The second-order valence-electron chi connectivity index (χ2n) is 6.86. The first-order chi connectivity index (χ1) is 11.7. The molecule has 1 aromatic heterocycles. The molecular formula is C19H24N4O. The van der Waals surface area contributed by atoms with E-state index in [9.17, 15) is 4.79 Å². The first-order valence-electron chi connectivity index (χ1n) is 8.88. The molecule has 5 nitrogen and oxygen atoms in total. The second kappa shape index (κ2) is 6.30. The summed E-state index contributed by atoms with van der Waals surface area (Å²) in [6.07, 6.45) is 7.29. The van der Waals surface area contributed by atoms with Crippen LogP contribution in [0.4, 0.5) is 5.69 Å². The van der Waals surface area contributed by atoms with E-state index in [2.05, 4.69) is 40.6 Å². The highest BCUT2D eigenvalue weighted by Crippen LogP contribution is 2.26. The first-order valence-corrected chi connectivity index (χ1v) is 8.88. The van der Waals surface area contributed by atoms with Crippen LogP contribution < -0.4 is 10.2 Å². The van der Waals surface area contributed by atoms with Gasteiger partial charge in [0.2, 0.25) is 0 Å². The summed E-state index contributed by atoms with van der Waals surface area (Å²) in [6, 6.07) is 6.53. The molecule has 0 bridgehead atoms. The zero-order valence-corrected chi connectivity index (χ0v) is 14.2. The maximum atomic E-state index is 12.5. The van der Waals surface area contributed by atoms with Crippen molar-refractivity contribution >= 4 is 11.6 Å². The summed E-state index contributed by atoms with van der Waals surface area (Å²) in [5.74, 6) is -0.00649. The normalized spacial score (nSPS) is 16.5. The van der Waals surface area contributed by atoms with E-state index in [1.54, 1.807) is 6.20 Å². The van der Waals surface area contributed by atoms with Gasteiger partial charge in [-0.3, -0.25) is 9.48 Å². The molecule has 0 saturated heterocycles. The number of rotatable bonds is 3. The third-order valence-electron chi connectivity index (χ3n) is 5.17. The molecule has 0 saturated carbocycles. The summed E-state index contributed by atoms with van der Waals surface area (Å²) in [5.41, 5.74) is 5.71. The van der Waals surface area contributed by atoms with Crippen LogP contribution in [0.25, 0.3) is 0 Å². The third kappa shape index (κ3) is 2.79. The lowest BCUT2D eigenvalue weighted by Crippen LogP contribution is -2.26. The number of hydrogen-bond donors (Lipinski definition) is 1. The van der Waals surface area contributed by atoms with Crippen LogP contribution in [0.3, 0.4) is 0 Å². The number of nitrogens with one attached hydrogen (secondary N) is 1. The predicted octanol–water partition coefficient (Wildman–Crippen LogP) is 2.53. The molecule has 2 aliphatic heterocycles. The fraction of sp³-hybridized carbons (Fsp3) is 0.474. The number of anilines is 1. The van der Waals surface area contributed by atoms with Gasteiger partial charge in [0.1, 0.15) is 0 Å². The van der Waals surface area contributed by atoms with E-state index in [0.717, 1.165) is 50.0 Å². The Kier molecular flexibility index (Phi) is 4.00. The fourth-order valence-corrected chi connectivity index (χ4v) is 3.84. The van der Waals surface area contributed by atoms with E-state index in [4.69, 9.17) is 0 Å². The Hall–Kier alpha value is -2.30. The number of aromatic nitrogens is 2. The van der Waals surface area contributed by atoms with Crippen LogP contribution >= 0.6 is 0 Å². The smallest absolute Gasteiger partial charge is 0.255 e. The average Bonchev–Trinajstić information content (AvgIpc) is 3.04. The van der Waals surface area contributed by atoms with Crippen molar-refractivity contribution in [3.05, 3.63) is 46.8 Å². The standard InChI is InChI=1S/C19H24N4O/c1-22-9-4-5-15-11-14(7-8-17(15)22)12-20-19(24)16-13-21-23-10-3-2-6-18(16)23/h7-8,11,13H,2-6,9-10,12H2,1H3,(H,20,24). The zero-order valence-electron chi connectivity index (χ0n) is 14.2. The van der Waals surface area contributed by atoms with Crippen molar-refractivity contribution < 1.29 is 4.79 Å². The molecule has 5 heteroatoms. The molecule has 3 heterocycles. The number of carbonyl (C=O) groups is 1. The molecule has 4 rings (SSSR count). The Morgan fingerprint density at radius 2 is 2.12 bits per heavy atom. The molecule has 1 N–H and O–H groups in total. The minimum atomic E-state index is -0.00649. The molecule has 2 aromatic rings. The number of carbonyl (C=O) groups excluding carboxylic acids is 1. The van der Waals surface area contributed by atoms with Crippen LogP contribution in [0.2, 0.25) is 0 Å². The van der Waals surface area contributed by atoms with Gasteiger partial charge in [0, 0.05) is 32.4 Å². The van der Waals surface area contributed by atoms with Gasteiger partial charge in [-0.2, -0.15) is 5.10 Å². The number of amides is 1. The first kappa shape index (κ1) is 15.2. The van der Waals surface area contributed by atoms with Gasteiger partial charge < -0.3 is 10.2 Å². The average molecular weight is 324 g/mol. The number of nitrogens with zero attached hydrogens (tertiary/aromatic N) is 3. The van der Waals surface area contributed by atoms with Crippen molar-refractivity contribution in [2.24, 2.45) is 0 Å². The van der Waals surface area contributed by atoms with E-state index in [1.807, 2.05) is 4.68 Å². The molecule has 1 amide bonds. The summed E-state index contributed by atoms with van der Waals surface area (Å²) >= 11 is 0. The largest absolute Gasteiger partial charge is 0.374 e. The molecular weight excluding hydrogens is 300 g/mol. The molecule has 0 atom stereocenters. The fourth-order valence-electron chi connectivity index (χ4n) is 3.84. The van der Waals surface area contributed by atoms with Crippen LogP contribution in [0.15, 0.2) is 24.4 Å². The second-order valence-corrected chi connectivity index (χ2v) is 6.86. The number of hydrogen-bond acceptors (Lipinski definition) is 3. The van der Waals surface area contributed by atoms with Gasteiger partial charge in [-0.25, -0.2) is 0 Å². The van der Waals surface area contributed by atoms with Crippen molar-refractivity contribution in [3.8, 4) is 0 Å². The highest BCUT2D eigenvalue weighted by Gasteiger charge is 2.20. The summed E-state index contributed by atoms with van der Waals surface area (Å²) < 4.78 is 1.98. The Morgan fingerprint density at radius 3 is 3.04 bits per heavy atom. The highest BCUT2D eigenvalue weighted by molar-refractivity contribution is 5.95. The lowest BCUT2D eigenvalue weighted by Gasteiger charge is -2.27. The SMILES string of the molecule is CN1CCCc2cc(CNC(=O)c3cnn4c3CCCC4)ccc21. The van der Waals surface area contributed by atoms with Gasteiger partial charge in [0.05, 0.1) is 17.5 Å². The molecule has 0 radical (unpaired) electrons. The minimum absolute atomic E-state index is 0.00649. The molecule has 1 aromatic carbocycles. The molecule has 24 heavy (non-hydrogen) atoms. The molecule has 126 valence electrons. The van der Waals surface area contributed by atoms with E-state index < -0.39 is 0 Å². The highest BCUT2D eigenvalue weighted by atomic mass is 16.1. The molecule has 0 fully saturated rings. The summed E-state index contributed by atoms with van der Waals surface area (Å²) in [7, 11) is 2.14. The van der Waals surface area contributed by atoms with Gasteiger partial charge in [-0.15, -0.1) is 0 Å². The molecule has 0 unspecified atom stereocenters. The van der Waals surface area contributed by atoms with E-state index >= 15 is 0 Å². The maximum Gasteiger partial charge on any atom is 0.255 e. The predicted molar refractivity (Wildman–Crippen MR) is 94.4 cm³/mol. The quantitative estimate of drug-likeness (QED) is 0.944. The lowest BCUT2D eigenvalue weighted by molar-refractivity contribution is 0.0949. The summed E-state index contributed by atoms with van der Waals surface area (Å²) in [5, 5.41) is 7.41. The topological polar surface area (TPSA) is 50.2 Å². The van der Waals surface area contributed by atoms with Gasteiger partial charge in [-0.05, 0) is 49.3 Å². The van der Waals surface area contributed by atoms with Crippen LogP contribution in [-0.4, -0.2) is 29.3 Å². The molecule has 0 aliphatic carbocycles. The minimum Gasteiger partial charge on any atom is -0.374 e. The molecule has 2 aliphatic rings. The third-order valence-corrected chi connectivity index (χ3v) is 5.17. The van der Waals surface area contributed by atoms with Gasteiger partial charge >= 0.3 is 0 Å². The number of fused-ring (bicyclic) bond motifs is 2. The lowest BCUT2D eigenvalue weighted by atomic mass is 9.99. The van der Waals surface area contributed by atoms with E-state index in [0.29, 0.717) is 6.54 Å². The van der Waals surface area contributed by atoms with Crippen LogP contribution in [-0.2, 0) is 25.9 Å². The van der Waals surface area contributed by atoms with Crippen molar-refractivity contribution in [3.63, 3.8) is 0 Å². The zero-order chi connectivity index (χ0) is 16.5. The summed E-state index contributed by atoms with van der Waals surface area (Å²) in [4.78, 5) is 14.8. The Labute approximate surface area is 142 Å². The van der Waals surface area contributed by atoms with Gasteiger partial charge in [0.25, 0.3) is 5.91 Å². The Bertz CT molecular complexity index is 765. The van der Waals surface area contributed by atoms with Crippen molar-refractivity contribution in [1.82, 2.24) is 15.1 Å². The van der Waals surface area contributed by atoms with E-state index in [1.165, 1.54) is 23.2 Å². The number of aryl methyl sites for hydroxylation is 2. The van der Waals surface area contributed by atoms with Crippen LogP contribution in [0.1, 0.15) is 46.4 Å². The Balaban J connectivity index is 1.45. The van der Waals surface area contributed by atoms with E-state index in [-0.39, 0.29) is 5.91 Å². The summed E-state index contributed by atoms with van der Waals surface area (Å²) in [6.45, 7) is 2.62. The van der Waals surface area contributed by atoms with Crippen LogP contribution in [0, 0.1) is 0 Å². The maximum absolute atomic E-state index is 12.5. The van der Waals surface area contributed by atoms with Gasteiger partial charge in [-0.1, -0.05) is 12.1 Å². The molecule has 0 spiro atoms. The van der Waals surface area contributed by atoms with Crippen LogP contribution in [0.5, 0.6) is 0 Å².